The van der Waals surface area contributed by atoms with Crippen molar-refractivity contribution in [1.82, 2.24) is 0 Å². The second-order valence-electron chi connectivity index (χ2n) is 6.39. The van der Waals surface area contributed by atoms with Gasteiger partial charge in [0.1, 0.15) is 0 Å². The summed E-state index contributed by atoms with van der Waals surface area (Å²) in [5.41, 5.74) is 0. The maximum absolute atomic E-state index is 2.42. The zero-order valence-corrected chi connectivity index (χ0v) is 15.8. The third-order valence-electron chi connectivity index (χ3n) is 3.28. The van der Waals surface area contributed by atoms with Gasteiger partial charge in [0.2, 0.25) is 0 Å². The van der Waals surface area contributed by atoms with Gasteiger partial charge in [-0.05, 0) is 30.1 Å². The third-order valence-corrected chi connectivity index (χ3v) is 3.28. The van der Waals surface area contributed by atoms with Gasteiger partial charge in [0.25, 0.3) is 0 Å². The Kier molecular flexibility index (Phi) is 22.8. The van der Waals surface area contributed by atoms with Gasteiger partial charge in [0.15, 0.2) is 0 Å². The fraction of sp³-hybridized carbons (Fsp3) is 1.00. The van der Waals surface area contributed by atoms with Crippen LogP contribution in [0.15, 0.2) is 0 Å². The Morgan fingerprint density at radius 1 is 0.474 bits per heavy atom. The summed E-state index contributed by atoms with van der Waals surface area (Å²) in [6.07, 6.45) is 7.07. The largest absolute Gasteiger partial charge is 0.0683 e. The van der Waals surface area contributed by atoms with Crippen molar-refractivity contribution in [2.75, 3.05) is 0 Å². The van der Waals surface area contributed by atoms with Crippen LogP contribution >= 0.6 is 0 Å². The van der Waals surface area contributed by atoms with E-state index in [-0.39, 0.29) is 0 Å². The molecule has 0 fully saturated rings. The fourth-order valence-corrected chi connectivity index (χ4v) is 2.16. The van der Waals surface area contributed by atoms with E-state index in [1.807, 2.05) is 27.7 Å². The maximum atomic E-state index is 2.42. The van der Waals surface area contributed by atoms with Gasteiger partial charge in [-0.25, -0.2) is 0 Å². The molecule has 0 spiro atoms. The van der Waals surface area contributed by atoms with Crippen LogP contribution in [0.1, 0.15) is 101 Å². The number of hydrogen-bond acceptors (Lipinski definition) is 0. The van der Waals surface area contributed by atoms with Crippen molar-refractivity contribution in [3.05, 3.63) is 0 Å². The van der Waals surface area contributed by atoms with Crippen molar-refractivity contribution in [1.29, 1.82) is 0 Å². The Morgan fingerprint density at radius 3 is 0.947 bits per heavy atom. The average Bonchev–Trinajstić information content (AvgIpc) is 2.38. The summed E-state index contributed by atoms with van der Waals surface area (Å²) < 4.78 is 0. The zero-order valence-electron chi connectivity index (χ0n) is 15.8. The first-order valence-electron chi connectivity index (χ1n) is 8.91. The molecule has 0 aliphatic heterocycles. The quantitative estimate of drug-likeness (QED) is 0.427. The minimum atomic E-state index is 0.874. The summed E-state index contributed by atoms with van der Waals surface area (Å²) in [5, 5.41) is 0. The smallest absolute Gasteiger partial charge is 0.0440 e. The van der Waals surface area contributed by atoms with Gasteiger partial charge in [0, 0.05) is 0 Å². The minimum absolute atomic E-state index is 0.874. The first-order valence-corrected chi connectivity index (χ1v) is 8.91. The van der Waals surface area contributed by atoms with Crippen LogP contribution in [-0.2, 0) is 0 Å². The maximum Gasteiger partial charge on any atom is -0.0440 e. The van der Waals surface area contributed by atoms with E-state index in [4.69, 9.17) is 0 Å². The lowest BCUT2D eigenvalue weighted by atomic mass is 9.88. The molecule has 0 heteroatoms. The molecule has 0 nitrogen and oxygen atoms in total. The van der Waals surface area contributed by atoms with Gasteiger partial charge < -0.3 is 0 Å². The molecule has 0 saturated carbocycles. The lowest BCUT2D eigenvalue weighted by molar-refractivity contribution is 0.338. The zero-order chi connectivity index (χ0) is 15.8. The van der Waals surface area contributed by atoms with E-state index in [2.05, 4.69) is 41.5 Å². The summed E-state index contributed by atoms with van der Waals surface area (Å²) in [6.45, 7) is 22.2. The molecule has 0 radical (unpaired) electrons. The molecule has 0 heterocycles. The molecule has 0 saturated heterocycles. The summed E-state index contributed by atoms with van der Waals surface area (Å²) in [4.78, 5) is 0. The Balaban J connectivity index is -0.000000579. The molecule has 2 unspecified atom stereocenters. The predicted molar refractivity (Wildman–Crippen MR) is 93.8 cm³/mol. The van der Waals surface area contributed by atoms with Gasteiger partial charge >= 0.3 is 0 Å². The van der Waals surface area contributed by atoms with Crippen molar-refractivity contribution in [3.63, 3.8) is 0 Å². The third kappa shape index (κ3) is 23.5. The molecule has 0 aromatic rings. The molecule has 0 amide bonds. The van der Waals surface area contributed by atoms with Crippen molar-refractivity contribution in [2.24, 2.45) is 23.7 Å². The lowest BCUT2D eigenvalue weighted by Gasteiger charge is -2.18. The first kappa shape index (κ1) is 24.0. The van der Waals surface area contributed by atoms with Crippen molar-refractivity contribution < 1.29 is 0 Å². The van der Waals surface area contributed by atoms with Crippen LogP contribution in [-0.4, -0.2) is 0 Å². The SMILES string of the molecule is CC.CC.CC(C)CCC(C)CC(C)CCC(C)C. The van der Waals surface area contributed by atoms with E-state index in [1.54, 1.807) is 0 Å². The Hall–Kier alpha value is 0. The van der Waals surface area contributed by atoms with Crippen LogP contribution in [0.4, 0.5) is 0 Å². The molecule has 0 aromatic heterocycles. The van der Waals surface area contributed by atoms with Crippen molar-refractivity contribution in [2.45, 2.75) is 101 Å². The summed E-state index contributed by atoms with van der Waals surface area (Å²) in [7, 11) is 0. The predicted octanol–water partition coefficient (Wildman–Crippen LogP) is 7.57. The normalized spacial score (nSPS) is 13.3. The monoisotopic (exact) mass is 272 g/mol. The van der Waals surface area contributed by atoms with Gasteiger partial charge in [-0.1, -0.05) is 94.9 Å². The Bertz CT molecular complexity index is 119. The molecular formula is C19H44. The molecule has 0 bridgehead atoms. The molecule has 0 N–H and O–H groups in total. The van der Waals surface area contributed by atoms with Crippen molar-refractivity contribution in [3.8, 4) is 0 Å². The Morgan fingerprint density at radius 2 is 0.737 bits per heavy atom. The molecule has 0 aromatic carbocycles. The van der Waals surface area contributed by atoms with Crippen LogP contribution in [0, 0.1) is 23.7 Å². The van der Waals surface area contributed by atoms with E-state index < -0.39 is 0 Å². The van der Waals surface area contributed by atoms with Crippen LogP contribution in [0.3, 0.4) is 0 Å². The molecule has 120 valence electrons. The standard InChI is InChI=1S/C15H32.2C2H6/c1-12(2)7-9-14(5)11-15(6)10-8-13(3)4;2*1-2/h12-15H,7-11H2,1-6H3;2*1-2H3. The second-order valence-corrected chi connectivity index (χ2v) is 6.39. The first-order chi connectivity index (χ1) is 8.91. The highest BCUT2D eigenvalue weighted by atomic mass is 14.2. The van der Waals surface area contributed by atoms with E-state index in [0.717, 1.165) is 23.7 Å². The van der Waals surface area contributed by atoms with E-state index in [9.17, 15) is 0 Å². The molecule has 0 aliphatic carbocycles. The van der Waals surface area contributed by atoms with Crippen molar-refractivity contribution >= 4 is 0 Å². The van der Waals surface area contributed by atoms with Crippen LogP contribution in [0.5, 0.6) is 0 Å². The van der Waals surface area contributed by atoms with Gasteiger partial charge in [-0.2, -0.15) is 0 Å². The van der Waals surface area contributed by atoms with Crippen LogP contribution < -0.4 is 0 Å². The topological polar surface area (TPSA) is 0 Å². The Labute approximate surface area is 125 Å². The van der Waals surface area contributed by atoms with Gasteiger partial charge in [0.05, 0.1) is 0 Å². The highest BCUT2D eigenvalue weighted by molar-refractivity contribution is 4.62. The second kappa shape index (κ2) is 18.0. The summed E-state index contributed by atoms with van der Waals surface area (Å²) in [6, 6.07) is 0. The minimum Gasteiger partial charge on any atom is -0.0683 e. The van der Waals surface area contributed by atoms with E-state index in [0.29, 0.717) is 0 Å². The van der Waals surface area contributed by atoms with E-state index in [1.165, 1.54) is 32.1 Å². The molecular weight excluding hydrogens is 228 g/mol. The van der Waals surface area contributed by atoms with E-state index >= 15 is 0 Å². The number of rotatable bonds is 8. The molecule has 2 atom stereocenters. The highest BCUT2D eigenvalue weighted by Gasteiger charge is 2.10. The average molecular weight is 273 g/mol. The molecule has 0 rings (SSSR count). The van der Waals surface area contributed by atoms with Gasteiger partial charge in [-0.15, -0.1) is 0 Å². The number of hydrogen-bond donors (Lipinski definition) is 0. The summed E-state index contributed by atoms with van der Waals surface area (Å²) in [5.74, 6) is 3.60. The fourth-order valence-electron chi connectivity index (χ4n) is 2.16. The van der Waals surface area contributed by atoms with Crippen LogP contribution in [0.2, 0.25) is 0 Å². The molecule has 19 heavy (non-hydrogen) atoms. The van der Waals surface area contributed by atoms with Gasteiger partial charge in [-0.3, -0.25) is 0 Å². The lowest BCUT2D eigenvalue weighted by Crippen LogP contribution is -2.05. The summed E-state index contributed by atoms with van der Waals surface area (Å²) >= 11 is 0. The highest BCUT2D eigenvalue weighted by Crippen LogP contribution is 2.23. The van der Waals surface area contributed by atoms with Crippen LogP contribution in [0.25, 0.3) is 0 Å². The molecule has 0 aliphatic rings.